The first-order valence-corrected chi connectivity index (χ1v) is 26.8. The lowest BCUT2D eigenvalue weighted by atomic mass is 10.0. The van der Waals surface area contributed by atoms with Gasteiger partial charge in [-0.3, -0.25) is 48.4 Å². The Morgan fingerprint density at radius 3 is 1.86 bits per heavy atom. The Balaban J connectivity index is 0.736. The van der Waals surface area contributed by atoms with Crippen molar-refractivity contribution < 1.29 is 52.5 Å². The van der Waals surface area contributed by atoms with Crippen LogP contribution in [0.15, 0.2) is 125 Å². The molecule has 0 radical (unpaired) electrons. The third-order valence-electron chi connectivity index (χ3n) is 14.3. The van der Waals surface area contributed by atoms with Gasteiger partial charge in [0.15, 0.2) is 23.0 Å². The number of aliphatic imine (C=N–C) groups is 2. The fourth-order valence-electron chi connectivity index (χ4n) is 9.83. The number of rotatable bonds is 23. The summed E-state index contributed by atoms with van der Waals surface area (Å²) in [6, 6.07) is 21.6. The second-order valence-electron chi connectivity index (χ2n) is 20.3. The summed E-state index contributed by atoms with van der Waals surface area (Å²) >= 11 is 0. The molecule has 9 rings (SSSR count). The number of hydrogen-bond acceptors (Lipinski definition) is 13. The van der Waals surface area contributed by atoms with Crippen LogP contribution >= 0.6 is 0 Å². The zero-order valence-electron chi connectivity index (χ0n) is 45.3. The summed E-state index contributed by atoms with van der Waals surface area (Å²) < 4.78 is 23.7. The first-order valence-electron chi connectivity index (χ1n) is 26.8. The summed E-state index contributed by atoms with van der Waals surface area (Å²) in [6.07, 6.45) is 17.2. The van der Waals surface area contributed by atoms with Gasteiger partial charge in [-0.15, -0.1) is 0 Å². The fourth-order valence-corrected chi connectivity index (χ4v) is 9.83. The molecule has 7 amide bonds. The molecule has 5 heterocycles. The molecule has 4 aromatic carbocycles. The quantitative estimate of drug-likeness (QED) is 0.0475. The molecule has 19 nitrogen and oxygen atoms in total. The maximum atomic E-state index is 14.1. The van der Waals surface area contributed by atoms with E-state index >= 15 is 0 Å². The summed E-state index contributed by atoms with van der Waals surface area (Å²) in [4.78, 5) is 105. The highest BCUT2D eigenvalue weighted by molar-refractivity contribution is 6.13. The van der Waals surface area contributed by atoms with Crippen LogP contribution < -0.4 is 34.9 Å². The van der Waals surface area contributed by atoms with Gasteiger partial charge in [0.25, 0.3) is 23.6 Å². The molecule has 0 aliphatic carbocycles. The van der Waals surface area contributed by atoms with E-state index < -0.39 is 23.9 Å². The molecule has 5 aliphatic rings. The van der Waals surface area contributed by atoms with Crippen molar-refractivity contribution in [2.24, 2.45) is 15.9 Å². The monoisotopic (exact) mass is 1080 g/mol. The smallest absolute Gasteiger partial charge is 0.260 e. The topological polar surface area (TPSA) is 227 Å². The number of anilines is 1. The standard InChI is InChI=1S/C61H64N8O11/c1-37(2)57(66-54(70)15-10-7-11-24-67-55(71)22-23-56(67)72)59(74)64-38(3)58(73)65-43-20-18-41(19-21-43)42-28-45-34-63-49-32-53(51(78-5)30-47(49)61(76)69(45)36-42)80-26-12-25-79-52-31-48-46(29-50(52)77-4)60(75)68-35-40(27-44(68)33-62-48)17-16-39-13-8-6-9-14-39/h6,8-9,13-14,16-23,29-38,44-45,57H,7,10-12,15,24-28H2,1-5H3,(H,64,74)(H,65,73)(H,66,70)/b17-16+/t38?,44-,45?,57-/m0/s1. The summed E-state index contributed by atoms with van der Waals surface area (Å²) in [7, 11) is 3.03. The lowest BCUT2D eigenvalue weighted by Gasteiger charge is -2.24. The number of nitrogens with one attached hydrogen (secondary N) is 3. The lowest BCUT2D eigenvalue weighted by Crippen LogP contribution is -2.53. The van der Waals surface area contributed by atoms with Gasteiger partial charge in [-0.1, -0.05) is 74.9 Å². The number of benzene rings is 4. The summed E-state index contributed by atoms with van der Waals surface area (Å²) in [5.74, 6) is -0.987. The van der Waals surface area contributed by atoms with Crippen LogP contribution in [-0.2, 0) is 24.0 Å². The number of amides is 7. The Morgan fingerprint density at radius 1 is 0.662 bits per heavy atom. The third kappa shape index (κ3) is 12.9. The van der Waals surface area contributed by atoms with E-state index in [1.165, 1.54) is 26.4 Å². The predicted octanol–water partition coefficient (Wildman–Crippen LogP) is 8.12. The Morgan fingerprint density at radius 2 is 1.26 bits per heavy atom. The van der Waals surface area contributed by atoms with Gasteiger partial charge in [0.2, 0.25) is 17.7 Å². The van der Waals surface area contributed by atoms with E-state index in [9.17, 15) is 33.6 Å². The zero-order chi connectivity index (χ0) is 56.5. The lowest BCUT2D eigenvalue weighted by molar-refractivity contribution is -0.137. The number of hydrogen-bond donors (Lipinski definition) is 3. The van der Waals surface area contributed by atoms with Crippen LogP contribution in [0.25, 0.3) is 11.6 Å². The highest BCUT2D eigenvalue weighted by Crippen LogP contribution is 2.41. The molecule has 80 heavy (non-hydrogen) atoms. The fraction of sp³-hybridized carbons (Fsp3) is 0.328. The number of allylic oxidation sites excluding steroid dienone is 1. The van der Waals surface area contributed by atoms with Crippen molar-refractivity contribution in [2.75, 3.05) is 39.3 Å². The van der Waals surface area contributed by atoms with Crippen LogP contribution in [0.3, 0.4) is 0 Å². The average Bonchev–Trinajstić information content (AvgIpc) is 4.25. The molecule has 4 atom stereocenters. The predicted molar refractivity (Wildman–Crippen MR) is 302 cm³/mol. The Hall–Kier alpha value is -9.13. The molecule has 5 aliphatic heterocycles. The highest BCUT2D eigenvalue weighted by atomic mass is 16.5. The number of carbonyl (C=O) groups is 7. The van der Waals surface area contributed by atoms with Crippen LogP contribution in [0.5, 0.6) is 23.0 Å². The molecule has 4 aromatic rings. The Bertz CT molecular complexity index is 3240. The number of imide groups is 1. The molecular formula is C61H64N8O11. The first kappa shape index (κ1) is 55.6. The van der Waals surface area contributed by atoms with Gasteiger partial charge in [-0.05, 0) is 78.6 Å². The van der Waals surface area contributed by atoms with Gasteiger partial charge in [-0.2, -0.15) is 0 Å². The van der Waals surface area contributed by atoms with Gasteiger partial charge in [0, 0.05) is 80.6 Å². The second-order valence-corrected chi connectivity index (χ2v) is 20.3. The van der Waals surface area contributed by atoms with E-state index in [2.05, 4.69) is 16.0 Å². The van der Waals surface area contributed by atoms with E-state index in [4.69, 9.17) is 28.9 Å². The minimum absolute atomic E-state index is 0.163. The van der Waals surface area contributed by atoms with E-state index in [1.54, 1.807) is 79.4 Å². The highest BCUT2D eigenvalue weighted by Gasteiger charge is 2.35. The number of carbonyl (C=O) groups excluding carboxylic acids is 7. The normalized spacial score (nSPS) is 17.8. The SMILES string of the molecule is COc1cc2c(cc1OCCCOc1cc3c(cc1OC)C(=O)N1C=C(/C=C/c4ccccc4)C[C@H]1C=N3)N=CC1CC(c3ccc(NC(=O)C(C)NC(=O)[C@@H](NC(=O)CCCCCN4C(=O)C=CC4=O)C(C)C)cc3)=CN1C2=O. The van der Waals surface area contributed by atoms with E-state index in [0.717, 1.165) is 27.2 Å². The van der Waals surface area contributed by atoms with Gasteiger partial charge in [0.05, 0.1) is 62.0 Å². The molecule has 3 N–H and O–H groups in total. The minimum atomic E-state index is -0.925. The van der Waals surface area contributed by atoms with Crippen molar-refractivity contribution in [3.8, 4) is 23.0 Å². The summed E-state index contributed by atoms with van der Waals surface area (Å²) in [5, 5.41) is 8.34. The molecule has 2 unspecified atom stereocenters. The Labute approximate surface area is 464 Å². The second kappa shape index (κ2) is 25.1. The van der Waals surface area contributed by atoms with Crippen LogP contribution in [-0.4, -0.2) is 127 Å². The van der Waals surface area contributed by atoms with Gasteiger partial charge >= 0.3 is 0 Å². The van der Waals surface area contributed by atoms with Crippen LogP contribution in [0.4, 0.5) is 17.1 Å². The van der Waals surface area contributed by atoms with Crippen molar-refractivity contribution >= 4 is 82.5 Å². The molecular weight excluding hydrogens is 1020 g/mol. The van der Waals surface area contributed by atoms with Crippen molar-refractivity contribution in [1.29, 1.82) is 0 Å². The summed E-state index contributed by atoms with van der Waals surface area (Å²) in [6.45, 7) is 5.95. The molecule has 0 bridgehead atoms. The van der Waals surface area contributed by atoms with Crippen LogP contribution in [0.1, 0.15) is 97.6 Å². The number of fused-ring (bicyclic) bond motifs is 4. The molecule has 0 aromatic heterocycles. The number of methoxy groups -OCH3 is 2. The number of unbranched alkanes of at least 4 members (excludes halogenated alkanes) is 2. The van der Waals surface area contributed by atoms with Gasteiger partial charge < -0.3 is 44.7 Å². The molecule has 0 spiro atoms. The minimum Gasteiger partial charge on any atom is -0.493 e. The largest absolute Gasteiger partial charge is 0.493 e. The van der Waals surface area contributed by atoms with Crippen molar-refractivity contribution in [3.63, 3.8) is 0 Å². The number of nitrogens with zero attached hydrogens (tertiary/aromatic N) is 5. The van der Waals surface area contributed by atoms with Gasteiger partial charge in [0.1, 0.15) is 12.1 Å². The zero-order valence-corrected chi connectivity index (χ0v) is 45.3. The first-order chi connectivity index (χ1) is 38.7. The van der Waals surface area contributed by atoms with Crippen molar-refractivity contribution in [1.82, 2.24) is 25.3 Å². The maximum Gasteiger partial charge on any atom is 0.260 e. The van der Waals surface area contributed by atoms with Gasteiger partial charge in [-0.25, -0.2) is 0 Å². The molecule has 0 fully saturated rings. The molecule has 19 heteroatoms. The van der Waals surface area contributed by atoms with Crippen LogP contribution in [0.2, 0.25) is 0 Å². The number of ether oxygens (including phenoxy) is 4. The maximum absolute atomic E-state index is 14.1. The van der Waals surface area contributed by atoms with Crippen molar-refractivity contribution in [3.05, 3.63) is 137 Å². The van der Waals surface area contributed by atoms with Crippen LogP contribution in [0, 0.1) is 5.92 Å². The Kier molecular flexibility index (Phi) is 17.5. The molecule has 0 saturated heterocycles. The van der Waals surface area contributed by atoms with E-state index in [-0.39, 0.29) is 73.7 Å². The third-order valence-corrected chi connectivity index (χ3v) is 14.3. The molecule has 0 saturated carbocycles. The van der Waals surface area contributed by atoms with Crippen molar-refractivity contribution in [2.45, 2.75) is 89.9 Å². The van der Waals surface area contributed by atoms with E-state index in [1.807, 2.05) is 67.0 Å². The summed E-state index contributed by atoms with van der Waals surface area (Å²) in [5.41, 5.74) is 6.04. The molecule has 414 valence electrons. The van der Waals surface area contributed by atoms with E-state index in [0.29, 0.717) is 89.7 Å². The average molecular weight is 1090 g/mol.